The molecular weight excluding hydrogens is 526 g/mol. The monoisotopic (exact) mass is 555 g/mol. The molecule has 0 saturated heterocycles. The van der Waals surface area contributed by atoms with Crippen LogP contribution in [0.1, 0.15) is 36.8 Å². The van der Waals surface area contributed by atoms with Crippen molar-refractivity contribution in [3.63, 3.8) is 0 Å². The third kappa shape index (κ3) is 7.10. The van der Waals surface area contributed by atoms with E-state index in [1.54, 1.807) is 0 Å². The van der Waals surface area contributed by atoms with Crippen LogP contribution in [0, 0.1) is 0 Å². The van der Waals surface area contributed by atoms with Crippen LogP contribution in [-0.4, -0.2) is 78.4 Å². The Labute approximate surface area is 228 Å². The Morgan fingerprint density at radius 3 is 1.62 bits per heavy atom. The largest absolute Gasteiger partial charge is 0.504 e. The normalized spacial score (nSPS) is 24.6. The minimum absolute atomic E-state index is 0.0975. The number of phenols is 4. The van der Waals surface area contributed by atoms with E-state index < -0.39 is 66.1 Å². The first-order chi connectivity index (χ1) is 18.9. The minimum Gasteiger partial charge on any atom is -0.504 e. The quantitative estimate of drug-likeness (QED) is 0.140. The highest BCUT2D eigenvalue weighted by Crippen LogP contribution is 2.34. The van der Waals surface area contributed by atoms with E-state index in [9.17, 15) is 45.0 Å². The SMILES string of the molecule is O=C(/C=C/c1ccc(O)c(O)c1)O[C@@H]1CC(O)(C(=O)NC2CC2)C[C@@H](OC(=O)/C=C/c2ccc(O)c(O)c2)C1O. The Balaban J connectivity index is 1.47. The summed E-state index contributed by atoms with van der Waals surface area (Å²) in [5, 5.41) is 62.7. The molecule has 2 aromatic rings. The number of aromatic hydroxyl groups is 4. The van der Waals surface area contributed by atoms with Gasteiger partial charge in [-0.1, -0.05) is 12.1 Å². The van der Waals surface area contributed by atoms with Crippen LogP contribution >= 0.6 is 0 Å². The highest BCUT2D eigenvalue weighted by Gasteiger charge is 2.52. The molecule has 4 rings (SSSR count). The maximum Gasteiger partial charge on any atom is 0.331 e. The van der Waals surface area contributed by atoms with Gasteiger partial charge in [0.05, 0.1) is 0 Å². The zero-order chi connectivity index (χ0) is 29.0. The standard InChI is InChI=1S/C28H29NO11/c30-18-7-1-15(11-20(18)32)3-9-24(34)39-22-13-28(38,27(37)29-17-5-6-17)14-23(26(22)36)40-25(35)10-4-16-2-8-19(31)21(33)12-16/h1-4,7-12,17,22-23,26,30-33,36,38H,5-6,13-14H2,(H,29,37)/b9-3+,10-4+/t22-,23-,26?,28?/m1/s1. The third-order valence-electron chi connectivity index (χ3n) is 6.53. The van der Waals surface area contributed by atoms with E-state index in [0.29, 0.717) is 11.1 Å². The molecule has 0 unspecified atom stereocenters. The first-order valence-corrected chi connectivity index (χ1v) is 12.5. The number of nitrogens with one attached hydrogen (secondary N) is 1. The highest BCUT2D eigenvalue weighted by molar-refractivity contribution is 5.89. The van der Waals surface area contributed by atoms with Crippen LogP contribution < -0.4 is 5.32 Å². The Kier molecular flexibility index (Phi) is 8.31. The van der Waals surface area contributed by atoms with Crippen LogP contribution in [0.3, 0.4) is 0 Å². The zero-order valence-electron chi connectivity index (χ0n) is 21.1. The fourth-order valence-electron chi connectivity index (χ4n) is 4.18. The van der Waals surface area contributed by atoms with E-state index in [0.717, 1.165) is 25.0 Å². The minimum atomic E-state index is -2.11. The molecule has 0 heterocycles. The molecule has 40 heavy (non-hydrogen) atoms. The van der Waals surface area contributed by atoms with Crippen LogP contribution in [0.2, 0.25) is 0 Å². The van der Waals surface area contributed by atoms with Gasteiger partial charge in [0.1, 0.15) is 23.9 Å². The van der Waals surface area contributed by atoms with Crippen molar-refractivity contribution < 1.29 is 54.5 Å². The van der Waals surface area contributed by atoms with Crippen molar-refractivity contribution in [3.05, 3.63) is 59.7 Å². The molecule has 2 aliphatic rings. The fraction of sp³-hybridized carbons (Fsp3) is 0.321. The van der Waals surface area contributed by atoms with Gasteiger partial charge in [-0.15, -0.1) is 0 Å². The summed E-state index contributed by atoms with van der Waals surface area (Å²) in [5.74, 6) is -4.11. The van der Waals surface area contributed by atoms with Crippen molar-refractivity contribution in [1.29, 1.82) is 0 Å². The third-order valence-corrected chi connectivity index (χ3v) is 6.53. The number of rotatable bonds is 8. The molecule has 12 heteroatoms. The Morgan fingerprint density at radius 1 is 0.775 bits per heavy atom. The Bertz CT molecular complexity index is 1260. The van der Waals surface area contributed by atoms with E-state index in [1.165, 1.54) is 48.6 Å². The predicted octanol–water partition coefficient (Wildman–Crippen LogP) is 1.22. The van der Waals surface area contributed by atoms with Crippen molar-refractivity contribution in [2.75, 3.05) is 0 Å². The van der Waals surface area contributed by atoms with Gasteiger partial charge in [0.15, 0.2) is 23.0 Å². The van der Waals surface area contributed by atoms with Crippen molar-refractivity contribution in [2.45, 2.75) is 55.6 Å². The second-order valence-electron chi connectivity index (χ2n) is 9.79. The molecule has 12 nitrogen and oxygen atoms in total. The zero-order valence-corrected chi connectivity index (χ0v) is 21.1. The van der Waals surface area contributed by atoms with Gasteiger partial charge in [0.25, 0.3) is 5.91 Å². The van der Waals surface area contributed by atoms with Gasteiger partial charge in [-0.2, -0.15) is 0 Å². The molecular formula is C28H29NO11. The number of benzene rings is 2. The summed E-state index contributed by atoms with van der Waals surface area (Å²) in [7, 11) is 0. The number of aliphatic hydroxyl groups excluding tert-OH is 1. The molecule has 2 atom stereocenters. The topological polar surface area (TPSA) is 203 Å². The van der Waals surface area contributed by atoms with Gasteiger partial charge in [-0.3, -0.25) is 4.79 Å². The lowest BCUT2D eigenvalue weighted by Gasteiger charge is -2.41. The van der Waals surface area contributed by atoms with E-state index in [1.807, 2.05) is 0 Å². The van der Waals surface area contributed by atoms with Crippen molar-refractivity contribution in [3.8, 4) is 23.0 Å². The molecule has 1 amide bonds. The van der Waals surface area contributed by atoms with Crippen molar-refractivity contribution in [2.24, 2.45) is 0 Å². The number of hydrogen-bond acceptors (Lipinski definition) is 11. The number of ether oxygens (including phenoxy) is 2. The second kappa shape index (κ2) is 11.7. The van der Waals surface area contributed by atoms with Crippen LogP contribution in [0.15, 0.2) is 48.6 Å². The second-order valence-corrected chi connectivity index (χ2v) is 9.79. The van der Waals surface area contributed by atoms with E-state index in [4.69, 9.17) is 9.47 Å². The number of phenolic OH excluding ortho intramolecular Hbond substituents is 4. The summed E-state index contributed by atoms with van der Waals surface area (Å²) in [6.45, 7) is 0. The molecule has 0 radical (unpaired) electrons. The maximum atomic E-state index is 12.8. The number of amides is 1. The smallest absolute Gasteiger partial charge is 0.331 e. The summed E-state index contributed by atoms with van der Waals surface area (Å²) in [4.78, 5) is 37.9. The highest BCUT2D eigenvalue weighted by atomic mass is 16.6. The fourth-order valence-corrected chi connectivity index (χ4v) is 4.18. The molecule has 0 aliphatic heterocycles. The number of carbonyl (C=O) groups excluding carboxylic acids is 3. The molecule has 2 aromatic carbocycles. The maximum absolute atomic E-state index is 12.8. The van der Waals surface area contributed by atoms with Gasteiger partial charge in [-0.05, 0) is 60.4 Å². The molecule has 7 N–H and O–H groups in total. The Morgan fingerprint density at radius 2 is 1.23 bits per heavy atom. The van der Waals surface area contributed by atoms with Gasteiger partial charge in [0.2, 0.25) is 0 Å². The van der Waals surface area contributed by atoms with Crippen LogP contribution in [0.4, 0.5) is 0 Å². The first kappa shape index (κ1) is 28.5. The average Bonchev–Trinajstić information content (AvgIpc) is 3.72. The number of carbonyl (C=O) groups is 3. The van der Waals surface area contributed by atoms with Gasteiger partial charge >= 0.3 is 11.9 Å². The molecule has 0 aromatic heterocycles. The summed E-state index contributed by atoms with van der Waals surface area (Å²) in [6.07, 6.45) is 0.700. The molecule has 0 bridgehead atoms. The lowest BCUT2D eigenvalue weighted by molar-refractivity contribution is -0.196. The number of esters is 2. The van der Waals surface area contributed by atoms with Crippen LogP contribution in [-0.2, 0) is 23.9 Å². The first-order valence-electron chi connectivity index (χ1n) is 12.5. The van der Waals surface area contributed by atoms with E-state index in [-0.39, 0.29) is 17.5 Å². The van der Waals surface area contributed by atoms with Gasteiger partial charge in [0, 0.05) is 31.0 Å². The summed E-state index contributed by atoms with van der Waals surface area (Å²) < 4.78 is 10.6. The summed E-state index contributed by atoms with van der Waals surface area (Å²) >= 11 is 0. The van der Waals surface area contributed by atoms with Crippen LogP contribution in [0.5, 0.6) is 23.0 Å². The Hall–Kier alpha value is -4.55. The van der Waals surface area contributed by atoms with E-state index in [2.05, 4.69) is 5.32 Å². The number of aliphatic hydroxyl groups is 2. The lowest BCUT2D eigenvalue weighted by atomic mass is 9.78. The molecule has 2 aliphatic carbocycles. The molecule has 0 spiro atoms. The van der Waals surface area contributed by atoms with Gasteiger partial charge in [-0.25, -0.2) is 9.59 Å². The van der Waals surface area contributed by atoms with E-state index >= 15 is 0 Å². The lowest BCUT2D eigenvalue weighted by Crippen LogP contribution is -2.60. The predicted molar refractivity (Wildman–Crippen MR) is 139 cm³/mol. The summed E-state index contributed by atoms with van der Waals surface area (Å²) in [6, 6.07) is 7.62. The summed E-state index contributed by atoms with van der Waals surface area (Å²) in [5.41, 5.74) is -1.40. The van der Waals surface area contributed by atoms with Crippen molar-refractivity contribution in [1.82, 2.24) is 5.32 Å². The van der Waals surface area contributed by atoms with Gasteiger partial charge < -0.3 is 45.4 Å². The molecule has 2 saturated carbocycles. The van der Waals surface area contributed by atoms with Crippen LogP contribution in [0.25, 0.3) is 12.2 Å². The molecule has 2 fully saturated rings. The average molecular weight is 556 g/mol. The molecule has 212 valence electrons. The van der Waals surface area contributed by atoms with Crippen molar-refractivity contribution >= 4 is 30.0 Å². The number of hydrogen-bond donors (Lipinski definition) is 7.